The number of halogens is 2. The minimum absolute atomic E-state index is 0.250. The molecule has 1 fully saturated rings. The first-order chi connectivity index (χ1) is 8.66. The first kappa shape index (κ1) is 13.4. The van der Waals surface area contributed by atoms with Crippen LogP contribution in [-0.4, -0.2) is 5.78 Å². The van der Waals surface area contributed by atoms with E-state index in [0.29, 0.717) is 16.5 Å². The largest absolute Gasteiger partial charge is 0.361 e. The summed E-state index contributed by atoms with van der Waals surface area (Å²) in [6, 6.07) is 5.33. The van der Waals surface area contributed by atoms with Crippen molar-refractivity contribution in [2.75, 3.05) is 5.32 Å². The van der Waals surface area contributed by atoms with Gasteiger partial charge in [0.15, 0.2) is 5.78 Å². The third-order valence-corrected chi connectivity index (χ3v) is 3.78. The fraction of sp³-hybridized carbons (Fsp3) is 0.357. The lowest BCUT2D eigenvalue weighted by molar-refractivity contribution is -0.115. The maximum atomic E-state index is 11.8. The molecule has 0 radical (unpaired) electrons. The maximum absolute atomic E-state index is 11.8. The van der Waals surface area contributed by atoms with Gasteiger partial charge < -0.3 is 5.32 Å². The lowest BCUT2D eigenvalue weighted by Gasteiger charge is -2.06. The standard InChI is InChI=1S/C14H15Cl2NO/c15-12-7-6-11(8-13(12)16)17-9-10-4-2-1-3-5-14(10)18/h6-9,17H,1-5H2/b10-9-. The third kappa shape index (κ3) is 3.50. The predicted octanol–water partition coefficient (Wildman–Crippen LogP) is 4.82. The predicted molar refractivity (Wildman–Crippen MR) is 76.3 cm³/mol. The van der Waals surface area contributed by atoms with Gasteiger partial charge in [-0.15, -0.1) is 0 Å². The van der Waals surface area contributed by atoms with Crippen molar-refractivity contribution in [3.8, 4) is 0 Å². The Kier molecular flexibility index (Phi) is 4.67. The van der Waals surface area contributed by atoms with Crippen LogP contribution in [0.5, 0.6) is 0 Å². The second kappa shape index (κ2) is 6.26. The van der Waals surface area contributed by atoms with E-state index in [1.165, 1.54) is 0 Å². The summed E-state index contributed by atoms with van der Waals surface area (Å²) in [4.78, 5) is 11.8. The van der Waals surface area contributed by atoms with Crippen LogP contribution in [0.25, 0.3) is 0 Å². The molecule has 1 aromatic rings. The fourth-order valence-electron chi connectivity index (χ4n) is 1.99. The zero-order chi connectivity index (χ0) is 13.0. The summed E-state index contributed by atoms with van der Waals surface area (Å²) in [7, 11) is 0. The molecule has 1 aliphatic rings. The first-order valence-electron chi connectivity index (χ1n) is 6.10. The quantitative estimate of drug-likeness (QED) is 0.623. The van der Waals surface area contributed by atoms with Crippen LogP contribution >= 0.6 is 23.2 Å². The Morgan fingerprint density at radius 3 is 2.61 bits per heavy atom. The molecule has 0 unspecified atom stereocenters. The van der Waals surface area contributed by atoms with Crippen LogP contribution in [0.15, 0.2) is 30.0 Å². The van der Waals surface area contributed by atoms with Crippen LogP contribution in [0.2, 0.25) is 10.0 Å². The van der Waals surface area contributed by atoms with Crippen molar-refractivity contribution in [1.82, 2.24) is 0 Å². The Morgan fingerprint density at radius 1 is 1.06 bits per heavy atom. The van der Waals surface area contributed by atoms with Crippen molar-refractivity contribution in [1.29, 1.82) is 0 Å². The van der Waals surface area contributed by atoms with Crippen LogP contribution in [0.4, 0.5) is 5.69 Å². The van der Waals surface area contributed by atoms with Gasteiger partial charge in [0.1, 0.15) is 0 Å². The minimum atomic E-state index is 0.250. The lowest BCUT2D eigenvalue weighted by Crippen LogP contribution is -2.02. The van der Waals surface area contributed by atoms with Gasteiger partial charge in [-0.3, -0.25) is 4.79 Å². The smallest absolute Gasteiger partial charge is 0.160 e. The van der Waals surface area contributed by atoms with Crippen LogP contribution < -0.4 is 5.32 Å². The van der Waals surface area contributed by atoms with E-state index < -0.39 is 0 Å². The molecule has 0 aliphatic heterocycles. The Balaban J connectivity index is 2.08. The van der Waals surface area contributed by atoms with E-state index >= 15 is 0 Å². The highest BCUT2D eigenvalue weighted by Crippen LogP contribution is 2.25. The number of hydrogen-bond acceptors (Lipinski definition) is 2. The highest BCUT2D eigenvalue weighted by molar-refractivity contribution is 6.42. The summed E-state index contributed by atoms with van der Waals surface area (Å²) in [6.45, 7) is 0. The minimum Gasteiger partial charge on any atom is -0.361 e. The van der Waals surface area contributed by atoms with E-state index in [1.54, 1.807) is 18.3 Å². The zero-order valence-electron chi connectivity index (χ0n) is 10.0. The number of ketones is 1. The molecule has 1 aliphatic carbocycles. The number of rotatable bonds is 2. The Bertz CT molecular complexity index is 483. The summed E-state index contributed by atoms with van der Waals surface area (Å²) in [5, 5.41) is 4.15. The van der Waals surface area contributed by atoms with Crippen molar-refractivity contribution >= 4 is 34.7 Å². The molecule has 1 saturated carbocycles. The average molecular weight is 284 g/mol. The molecule has 0 heterocycles. The molecular formula is C14H15Cl2NO. The van der Waals surface area contributed by atoms with E-state index in [-0.39, 0.29) is 5.78 Å². The van der Waals surface area contributed by atoms with Crippen LogP contribution in [0.3, 0.4) is 0 Å². The van der Waals surface area contributed by atoms with Gasteiger partial charge in [0, 0.05) is 23.9 Å². The van der Waals surface area contributed by atoms with Crippen LogP contribution in [0.1, 0.15) is 32.1 Å². The SMILES string of the molecule is O=C1CCCCC/C1=C/Nc1ccc(Cl)c(Cl)c1. The zero-order valence-corrected chi connectivity index (χ0v) is 11.5. The molecule has 0 spiro atoms. The number of carbonyl (C=O) groups is 1. The molecule has 1 N–H and O–H groups in total. The second-order valence-corrected chi connectivity index (χ2v) is 5.24. The molecule has 0 aromatic heterocycles. The van der Waals surface area contributed by atoms with Gasteiger partial charge in [0.25, 0.3) is 0 Å². The van der Waals surface area contributed by atoms with Gasteiger partial charge in [-0.1, -0.05) is 29.6 Å². The van der Waals surface area contributed by atoms with Crippen LogP contribution in [-0.2, 0) is 4.79 Å². The number of allylic oxidation sites excluding steroid dienone is 1. The van der Waals surface area contributed by atoms with E-state index in [1.807, 2.05) is 6.07 Å². The molecule has 4 heteroatoms. The van der Waals surface area contributed by atoms with Crippen molar-refractivity contribution in [2.45, 2.75) is 32.1 Å². The Labute approximate surface area is 117 Å². The molecule has 96 valence electrons. The molecule has 0 amide bonds. The lowest BCUT2D eigenvalue weighted by atomic mass is 10.1. The second-order valence-electron chi connectivity index (χ2n) is 4.43. The summed E-state index contributed by atoms with van der Waals surface area (Å²) >= 11 is 11.8. The average Bonchev–Trinajstić information content (AvgIpc) is 2.56. The summed E-state index contributed by atoms with van der Waals surface area (Å²) in [5.74, 6) is 0.250. The van der Waals surface area contributed by atoms with Gasteiger partial charge in [-0.05, 0) is 37.5 Å². The van der Waals surface area contributed by atoms with E-state index in [0.717, 1.165) is 36.9 Å². The maximum Gasteiger partial charge on any atom is 0.160 e. The number of anilines is 1. The number of carbonyl (C=O) groups excluding carboxylic acids is 1. The molecule has 2 nitrogen and oxygen atoms in total. The Hall–Kier alpha value is -0.990. The van der Waals surface area contributed by atoms with Gasteiger partial charge >= 0.3 is 0 Å². The number of nitrogens with one attached hydrogen (secondary N) is 1. The van der Waals surface area contributed by atoms with Crippen molar-refractivity contribution in [3.05, 3.63) is 40.0 Å². The molecule has 1 aromatic carbocycles. The van der Waals surface area contributed by atoms with E-state index in [2.05, 4.69) is 5.32 Å². The summed E-state index contributed by atoms with van der Waals surface area (Å²) in [5.41, 5.74) is 1.72. The highest BCUT2D eigenvalue weighted by atomic mass is 35.5. The van der Waals surface area contributed by atoms with Crippen LogP contribution in [0, 0.1) is 0 Å². The molecule has 0 atom stereocenters. The van der Waals surface area contributed by atoms with Gasteiger partial charge in [0.2, 0.25) is 0 Å². The molecule has 2 rings (SSSR count). The van der Waals surface area contributed by atoms with E-state index in [9.17, 15) is 4.79 Å². The first-order valence-corrected chi connectivity index (χ1v) is 6.86. The molecule has 0 bridgehead atoms. The normalized spacial score (nSPS) is 18.8. The topological polar surface area (TPSA) is 29.1 Å². The fourth-order valence-corrected chi connectivity index (χ4v) is 2.28. The van der Waals surface area contributed by atoms with Gasteiger partial charge in [0.05, 0.1) is 10.0 Å². The van der Waals surface area contributed by atoms with Gasteiger partial charge in [-0.25, -0.2) is 0 Å². The van der Waals surface area contributed by atoms with E-state index in [4.69, 9.17) is 23.2 Å². The highest BCUT2D eigenvalue weighted by Gasteiger charge is 2.12. The van der Waals surface area contributed by atoms with Crippen molar-refractivity contribution in [2.24, 2.45) is 0 Å². The van der Waals surface area contributed by atoms with Gasteiger partial charge in [-0.2, -0.15) is 0 Å². The Morgan fingerprint density at radius 2 is 1.83 bits per heavy atom. The summed E-state index contributed by atoms with van der Waals surface area (Å²) in [6.07, 6.45) is 6.54. The molecule has 0 saturated heterocycles. The van der Waals surface area contributed by atoms with Crippen molar-refractivity contribution < 1.29 is 4.79 Å². The summed E-state index contributed by atoms with van der Waals surface area (Å²) < 4.78 is 0. The number of benzene rings is 1. The number of Topliss-reactive ketones (excluding diaryl/α,β-unsaturated/α-hetero) is 1. The monoisotopic (exact) mass is 283 g/mol. The third-order valence-electron chi connectivity index (χ3n) is 3.04. The van der Waals surface area contributed by atoms with Crippen molar-refractivity contribution in [3.63, 3.8) is 0 Å². The molecule has 18 heavy (non-hydrogen) atoms. The molecular weight excluding hydrogens is 269 g/mol. The number of hydrogen-bond donors (Lipinski definition) is 1.